The predicted molar refractivity (Wildman–Crippen MR) is 98.5 cm³/mol. The van der Waals surface area contributed by atoms with Gasteiger partial charge in [-0.15, -0.1) is 0 Å². The fourth-order valence-electron chi connectivity index (χ4n) is 3.07. The van der Waals surface area contributed by atoms with Crippen molar-refractivity contribution in [3.05, 3.63) is 58.1 Å². The number of rotatable bonds is 5. The van der Waals surface area contributed by atoms with Crippen LogP contribution in [0.2, 0.25) is 0 Å². The minimum atomic E-state index is -0.0830. The molecular weight excluding hydrogens is 314 g/mol. The van der Waals surface area contributed by atoms with Gasteiger partial charge in [-0.3, -0.25) is 4.79 Å². The molecule has 0 radical (unpaired) electrons. The summed E-state index contributed by atoms with van der Waals surface area (Å²) in [6.07, 6.45) is 1.08. The number of carbonyl (C=O) groups is 1. The average molecular weight is 339 g/mol. The highest BCUT2D eigenvalue weighted by molar-refractivity contribution is 5.94. The van der Waals surface area contributed by atoms with Crippen molar-refractivity contribution in [2.45, 2.75) is 46.8 Å². The fraction of sp³-hybridized carbons (Fsp3) is 0.381. The zero-order valence-electron chi connectivity index (χ0n) is 15.3. The van der Waals surface area contributed by atoms with Crippen molar-refractivity contribution in [3.8, 4) is 11.5 Å². The summed E-state index contributed by atoms with van der Waals surface area (Å²) >= 11 is 0. The molecule has 25 heavy (non-hydrogen) atoms. The first-order valence-corrected chi connectivity index (χ1v) is 8.78. The van der Waals surface area contributed by atoms with Crippen LogP contribution in [0, 0.1) is 13.8 Å². The van der Waals surface area contributed by atoms with Crippen LogP contribution in [0.3, 0.4) is 0 Å². The molecule has 1 N–H and O–H groups in total. The van der Waals surface area contributed by atoms with Crippen molar-refractivity contribution in [1.29, 1.82) is 0 Å². The van der Waals surface area contributed by atoms with E-state index in [2.05, 4.69) is 12.2 Å². The second kappa shape index (κ2) is 7.18. The van der Waals surface area contributed by atoms with Gasteiger partial charge in [0.1, 0.15) is 17.6 Å². The van der Waals surface area contributed by atoms with Crippen molar-refractivity contribution in [2.24, 2.45) is 0 Å². The van der Waals surface area contributed by atoms with Gasteiger partial charge in [-0.05, 0) is 63.1 Å². The van der Waals surface area contributed by atoms with E-state index in [1.165, 1.54) is 11.1 Å². The Balaban J connectivity index is 1.77. The Labute approximate surface area is 149 Å². The molecule has 132 valence electrons. The zero-order chi connectivity index (χ0) is 18.0. The molecule has 2 aromatic rings. The standard InChI is InChI=1S/C21H25NO3/c1-5-24-19-10-17-9-15(4)25-20(17)11-18(19)12-22-21(23)16-7-6-13(2)14(3)8-16/h6-8,10-11,15H,5,9,12H2,1-4H3,(H,22,23). The van der Waals surface area contributed by atoms with Crippen LogP contribution in [0.5, 0.6) is 11.5 Å². The summed E-state index contributed by atoms with van der Waals surface area (Å²) in [5.74, 6) is 1.63. The first kappa shape index (κ1) is 17.3. The van der Waals surface area contributed by atoms with Crippen LogP contribution in [-0.2, 0) is 13.0 Å². The highest BCUT2D eigenvalue weighted by atomic mass is 16.5. The number of hydrogen-bond acceptors (Lipinski definition) is 3. The van der Waals surface area contributed by atoms with Crippen LogP contribution in [0.4, 0.5) is 0 Å². The number of amides is 1. The third kappa shape index (κ3) is 3.78. The van der Waals surface area contributed by atoms with Gasteiger partial charge < -0.3 is 14.8 Å². The Hall–Kier alpha value is -2.49. The van der Waals surface area contributed by atoms with Crippen LogP contribution in [0.25, 0.3) is 0 Å². The summed E-state index contributed by atoms with van der Waals surface area (Å²) in [7, 11) is 0. The molecule has 4 heteroatoms. The molecule has 1 aliphatic rings. The summed E-state index contributed by atoms with van der Waals surface area (Å²) in [5, 5.41) is 2.99. The number of fused-ring (bicyclic) bond motifs is 1. The van der Waals surface area contributed by atoms with Gasteiger partial charge in [0.05, 0.1) is 6.61 Å². The van der Waals surface area contributed by atoms with Crippen LogP contribution in [0.1, 0.15) is 46.5 Å². The Morgan fingerprint density at radius 3 is 2.76 bits per heavy atom. The molecule has 2 aromatic carbocycles. The van der Waals surface area contributed by atoms with Crippen LogP contribution in [-0.4, -0.2) is 18.6 Å². The lowest BCUT2D eigenvalue weighted by molar-refractivity contribution is 0.0950. The summed E-state index contributed by atoms with van der Waals surface area (Å²) in [5.41, 5.74) is 5.07. The number of hydrogen-bond donors (Lipinski definition) is 1. The fourth-order valence-corrected chi connectivity index (χ4v) is 3.07. The van der Waals surface area contributed by atoms with Gasteiger partial charge in [0.25, 0.3) is 5.91 Å². The predicted octanol–water partition coefficient (Wildman–Crippen LogP) is 3.96. The van der Waals surface area contributed by atoms with E-state index in [4.69, 9.17) is 9.47 Å². The summed E-state index contributed by atoms with van der Waals surface area (Å²) in [6.45, 7) is 9.07. The minimum Gasteiger partial charge on any atom is -0.494 e. The van der Waals surface area contributed by atoms with Crippen LogP contribution < -0.4 is 14.8 Å². The van der Waals surface area contributed by atoms with E-state index in [1.807, 2.05) is 51.1 Å². The normalized spacial score (nSPS) is 15.4. The molecule has 3 rings (SSSR count). The van der Waals surface area contributed by atoms with Crippen molar-refractivity contribution in [1.82, 2.24) is 5.32 Å². The van der Waals surface area contributed by atoms with E-state index < -0.39 is 0 Å². The van der Waals surface area contributed by atoms with Gasteiger partial charge in [-0.25, -0.2) is 0 Å². The molecule has 1 atom stereocenters. The van der Waals surface area contributed by atoms with Gasteiger partial charge in [-0.2, -0.15) is 0 Å². The lowest BCUT2D eigenvalue weighted by Gasteiger charge is -2.13. The van der Waals surface area contributed by atoms with E-state index >= 15 is 0 Å². The maximum atomic E-state index is 12.5. The molecule has 0 fully saturated rings. The monoisotopic (exact) mass is 339 g/mol. The smallest absolute Gasteiger partial charge is 0.251 e. The first-order chi connectivity index (χ1) is 12.0. The Morgan fingerprint density at radius 1 is 1.24 bits per heavy atom. The second-order valence-corrected chi connectivity index (χ2v) is 6.61. The average Bonchev–Trinajstić information content (AvgIpc) is 2.94. The minimum absolute atomic E-state index is 0.0830. The molecule has 0 spiro atoms. The van der Waals surface area contributed by atoms with E-state index in [0.29, 0.717) is 18.7 Å². The quantitative estimate of drug-likeness (QED) is 0.897. The summed E-state index contributed by atoms with van der Waals surface area (Å²) in [6, 6.07) is 9.78. The Kier molecular flexibility index (Phi) is 4.98. The molecular formula is C21H25NO3. The molecule has 1 amide bonds. The molecule has 0 aliphatic carbocycles. The topological polar surface area (TPSA) is 47.6 Å². The maximum absolute atomic E-state index is 12.5. The maximum Gasteiger partial charge on any atom is 0.251 e. The van der Waals surface area contributed by atoms with Crippen molar-refractivity contribution in [2.75, 3.05) is 6.61 Å². The Bertz CT molecular complexity index is 798. The number of benzene rings is 2. The lowest BCUT2D eigenvalue weighted by atomic mass is 10.0. The second-order valence-electron chi connectivity index (χ2n) is 6.61. The highest BCUT2D eigenvalue weighted by Gasteiger charge is 2.22. The van der Waals surface area contributed by atoms with E-state index in [9.17, 15) is 4.79 Å². The molecule has 0 bridgehead atoms. The van der Waals surface area contributed by atoms with Gasteiger partial charge in [0.2, 0.25) is 0 Å². The summed E-state index contributed by atoms with van der Waals surface area (Å²) < 4.78 is 11.6. The van der Waals surface area contributed by atoms with Gasteiger partial charge in [0, 0.05) is 29.7 Å². The molecule has 1 aliphatic heterocycles. The Morgan fingerprint density at radius 2 is 2.04 bits per heavy atom. The first-order valence-electron chi connectivity index (χ1n) is 8.78. The lowest BCUT2D eigenvalue weighted by Crippen LogP contribution is -2.23. The largest absolute Gasteiger partial charge is 0.494 e. The zero-order valence-corrected chi connectivity index (χ0v) is 15.3. The highest BCUT2D eigenvalue weighted by Crippen LogP contribution is 2.35. The van der Waals surface area contributed by atoms with E-state index in [-0.39, 0.29) is 12.0 Å². The van der Waals surface area contributed by atoms with E-state index in [0.717, 1.165) is 29.0 Å². The van der Waals surface area contributed by atoms with Crippen molar-refractivity contribution >= 4 is 5.91 Å². The number of ether oxygens (including phenoxy) is 2. The van der Waals surface area contributed by atoms with Gasteiger partial charge >= 0.3 is 0 Å². The number of nitrogens with one attached hydrogen (secondary N) is 1. The molecule has 1 heterocycles. The molecule has 4 nitrogen and oxygen atoms in total. The van der Waals surface area contributed by atoms with Crippen LogP contribution in [0.15, 0.2) is 30.3 Å². The van der Waals surface area contributed by atoms with Crippen molar-refractivity contribution < 1.29 is 14.3 Å². The van der Waals surface area contributed by atoms with Gasteiger partial charge in [-0.1, -0.05) is 6.07 Å². The number of aryl methyl sites for hydroxylation is 2. The van der Waals surface area contributed by atoms with E-state index in [1.54, 1.807) is 0 Å². The van der Waals surface area contributed by atoms with Gasteiger partial charge in [0.15, 0.2) is 0 Å². The van der Waals surface area contributed by atoms with Crippen LogP contribution >= 0.6 is 0 Å². The SMILES string of the molecule is CCOc1cc2c(cc1CNC(=O)c1ccc(C)c(C)c1)OC(C)C2. The number of carbonyl (C=O) groups excluding carboxylic acids is 1. The third-order valence-electron chi connectivity index (χ3n) is 4.59. The molecule has 0 aromatic heterocycles. The molecule has 1 unspecified atom stereocenters. The molecule has 0 saturated carbocycles. The van der Waals surface area contributed by atoms with Crippen molar-refractivity contribution in [3.63, 3.8) is 0 Å². The molecule has 0 saturated heterocycles. The summed E-state index contributed by atoms with van der Waals surface area (Å²) in [4.78, 5) is 12.5. The third-order valence-corrected chi connectivity index (χ3v) is 4.59.